The molecule has 1 atom stereocenters. The maximum absolute atomic E-state index is 12.9. The fraction of sp³-hybridized carbons (Fsp3) is 0.105. The largest absolute Gasteiger partial charge is 0.374 e. The van der Waals surface area contributed by atoms with Crippen molar-refractivity contribution in [2.45, 2.75) is 13.0 Å². The number of hydrogen-bond donors (Lipinski definition) is 2. The monoisotopic (exact) mass is 308 g/mol. The van der Waals surface area contributed by atoms with Gasteiger partial charge >= 0.3 is 0 Å². The summed E-state index contributed by atoms with van der Waals surface area (Å²) in [6, 6.07) is 19.2. The van der Waals surface area contributed by atoms with Crippen LogP contribution in [-0.2, 0) is 4.79 Å². The number of carbonyl (C=O) groups is 1. The summed E-state index contributed by atoms with van der Waals surface area (Å²) < 4.78 is 12.9. The third-order valence-corrected chi connectivity index (χ3v) is 3.67. The number of benzene rings is 3. The normalized spacial score (nSPS) is 11.9. The number of hydrogen-bond acceptors (Lipinski definition) is 2. The second kappa shape index (κ2) is 6.48. The molecule has 3 aromatic rings. The van der Waals surface area contributed by atoms with Gasteiger partial charge in [-0.2, -0.15) is 0 Å². The van der Waals surface area contributed by atoms with E-state index in [1.165, 1.54) is 12.1 Å². The molecule has 0 saturated carbocycles. The summed E-state index contributed by atoms with van der Waals surface area (Å²) in [6.45, 7) is 1.77. The molecule has 0 aliphatic heterocycles. The van der Waals surface area contributed by atoms with Gasteiger partial charge in [-0.3, -0.25) is 4.79 Å². The first kappa shape index (κ1) is 15.0. The van der Waals surface area contributed by atoms with Crippen molar-refractivity contribution in [2.75, 3.05) is 10.6 Å². The topological polar surface area (TPSA) is 41.1 Å². The maximum Gasteiger partial charge on any atom is 0.246 e. The van der Waals surface area contributed by atoms with E-state index in [-0.39, 0.29) is 11.7 Å². The van der Waals surface area contributed by atoms with Crippen molar-refractivity contribution in [1.29, 1.82) is 0 Å². The van der Waals surface area contributed by atoms with Crippen LogP contribution in [0.4, 0.5) is 15.8 Å². The lowest BCUT2D eigenvalue weighted by molar-refractivity contribution is -0.116. The number of amides is 1. The first-order valence-corrected chi connectivity index (χ1v) is 7.44. The highest BCUT2D eigenvalue weighted by molar-refractivity contribution is 6.04. The third-order valence-electron chi connectivity index (χ3n) is 3.67. The average Bonchev–Trinajstić information content (AvgIpc) is 2.57. The fourth-order valence-electron chi connectivity index (χ4n) is 2.44. The van der Waals surface area contributed by atoms with Crippen LogP contribution in [0.2, 0.25) is 0 Å². The van der Waals surface area contributed by atoms with Gasteiger partial charge in [0.15, 0.2) is 0 Å². The zero-order valence-electron chi connectivity index (χ0n) is 12.7. The summed E-state index contributed by atoms with van der Waals surface area (Å²) in [5, 5.41) is 8.07. The maximum atomic E-state index is 12.9. The Kier molecular flexibility index (Phi) is 4.24. The number of fused-ring (bicyclic) bond motifs is 1. The molecule has 3 nitrogen and oxygen atoms in total. The van der Waals surface area contributed by atoms with Gasteiger partial charge in [0.1, 0.15) is 11.9 Å². The molecule has 0 radical (unpaired) electrons. The van der Waals surface area contributed by atoms with Crippen molar-refractivity contribution in [3.05, 3.63) is 72.5 Å². The van der Waals surface area contributed by atoms with Gasteiger partial charge in [0, 0.05) is 16.8 Å². The van der Waals surface area contributed by atoms with Crippen molar-refractivity contribution < 1.29 is 9.18 Å². The minimum absolute atomic E-state index is 0.148. The lowest BCUT2D eigenvalue weighted by atomic mass is 10.1. The molecule has 0 spiro atoms. The summed E-state index contributed by atoms with van der Waals surface area (Å²) in [5.41, 5.74) is 1.48. The van der Waals surface area contributed by atoms with E-state index in [1.54, 1.807) is 19.1 Å². The third kappa shape index (κ3) is 3.48. The number of rotatable bonds is 4. The first-order chi connectivity index (χ1) is 11.1. The Balaban J connectivity index is 1.74. The van der Waals surface area contributed by atoms with Crippen molar-refractivity contribution in [2.24, 2.45) is 0 Å². The van der Waals surface area contributed by atoms with E-state index in [9.17, 15) is 9.18 Å². The summed E-state index contributed by atoms with van der Waals surface area (Å²) in [4.78, 5) is 12.4. The van der Waals surface area contributed by atoms with Gasteiger partial charge in [-0.15, -0.1) is 0 Å². The highest BCUT2D eigenvalue weighted by Gasteiger charge is 2.14. The summed E-state index contributed by atoms with van der Waals surface area (Å²) in [5.74, 6) is -0.450. The number of carbonyl (C=O) groups excluding carboxylic acids is 1. The van der Waals surface area contributed by atoms with E-state index in [0.717, 1.165) is 16.5 Å². The van der Waals surface area contributed by atoms with Crippen LogP contribution in [0.3, 0.4) is 0 Å². The van der Waals surface area contributed by atoms with Gasteiger partial charge in [0.25, 0.3) is 0 Å². The molecule has 0 heterocycles. The van der Waals surface area contributed by atoms with Crippen LogP contribution in [0.1, 0.15) is 6.92 Å². The fourth-order valence-corrected chi connectivity index (χ4v) is 2.44. The van der Waals surface area contributed by atoms with Gasteiger partial charge in [0.2, 0.25) is 5.91 Å². The zero-order valence-corrected chi connectivity index (χ0v) is 12.7. The minimum Gasteiger partial charge on any atom is -0.374 e. The minimum atomic E-state index is -0.445. The van der Waals surface area contributed by atoms with Gasteiger partial charge in [-0.25, -0.2) is 4.39 Å². The number of anilines is 2. The molecule has 2 N–H and O–H groups in total. The molecule has 3 rings (SSSR count). The van der Waals surface area contributed by atoms with Gasteiger partial charge in [-0.1, -0.05) is 36.4 Å². The zero-order chi connectivity index (χ0) is 16.2. The van der Waals surface area contributed by atoms with E-state index in [4.69, 9.17) is 0 Å². The lowest BCUT2D eigenvalue weighted by Gasteiger charge is -2.16. The van der Waals surface area contributed by atoms with Gasteiger partial charge in [0.05, 0.1) is 0 Å². The predicted molar refractivity (Wildman–Crippen MR) is 92.1 cm³/mol. The van der Waals surface area contributed by atoms with Crippen LogP contribution in [0.25, 0.3) is 10.8 Å². The van der Waals surface area contributed by atoms with Crippen molar-refractivity contribution in [3.63, 3.8) is 0 Å². The Labute approximate surface area is 134 Å². The van der Waals surface area contributed by atoms with E-state index >= 15 is 0 Å². The lowest BCUT2D eigenvalue weighted by Crippen LogP contribution is -2.31. The molecule has 0 bridgehead atoms. The highest BCUT2D eigenvalue weighted by Crippen LogP contribution is 2.23. The smallest absolute Gasteiger partial charge is 0.246 e. The molecule has 23 heavy (non-hydrogen) atoms. The van der Waals surface area contributed by atoms with E-state index in [1.807, 2.05) is 42.5 Å². The molecule has 0 aliphatic rings. The quantitative estimate of drug-likeness (QED) is 0.749. The molecule has 4 heteroatoms. The highest BCUT2D eigenvalue weighted by atomic mass is 19.1. The predicted octanol–water partition coefficient (Wildman–Crippen LogP) is 4.42. The Morgan fingerprint density at radius 3 is 2.43 bits per heavy atom. The molecule has 0 aliphatic carbocycles. The van der Waals surface area contributed by atoms with Crippen LogP contribution in [-0.4, -0.2) is 11.9 Å². The van der Waals surface area contributed by atoms with E-state index in [2.05, 4.69) is 10.6 Å². The summed E-state index contributed by atoms with van der Waals surface area (Å²) >= 11 is 0. The van der Waals surface area contributed by atoms with Crippen LogP contribution >= 0.6 is 0 Å². The van der Waals surface area contributed by atoms with Crippen LogP contribution in [0, 0.1) is 5.82 Å². The van der Waals surface area contributed by atoms with Crippen LogP contribution < -0.4 is 10.6 Å². The molecular formula is C19H17FN2O. The second-order valence-corrected chi connectivity index (χ2v) is 5.39. The Morgan fingerprint density at radius 2 is 1.65 bits per heavy atom. The number of halogens is 1. The van der Waals surface area contributed by atoms with Gasteiger partial charge in [-0.05, 0) is 42.6 Å². The van der Waals surface area contributed by atoms with Crippen LogP contribution in [0.5, 0.6) is 0 Å². The first-order valence-electron chi connectivity index (χ1n) is 7.44. The summed E-state index contributed by atoms with van der Waals surface area (Å²) in [6.07, 6.45) is 0. The molecule has 0 unspecified atom stereocenters. The van der Waals surface area contributed by atoms with E-state index in [0.29, 0.717) is 5.69 Å². The molecule has 3 aromatic carbocycles. The molecule has 1 amide bonds. The van der Waals surface area contributed by atoms with Crippen molar-refractivity contribution in [1.82, 2.24) is 0 Å². The standard InChI is InChI=1S/C19H17FN2O/c1-13(21-16-11-9-15(20)10-12-16)19(23)22-18-8-4-6-14-5-2-3-7-17(14)18/h2-13,21H,1H3,(H,22,23)/t13-/m1/s1. The average molecular weight is 308 g/mol. The van der Waals surface area contributed by atoms with Gasteiger partial charge < -0.3 is 10.6 Å². The molecule has 0 aromatic heterocycles. The molecule has 116 valence electrons. The summed E-state index contributed by atoms with van der Waals surface area (Å²) in [7, 11) is 0. The Morgan fingerprint density at radius 1 is 0.957 bits per heavy atom. The molecule has 0 saturated heterocycles. The second-order valence-electron chi connectivity index (χ2n) is 5.39. The van der Waals surface area contributed by atoms with Crippen LogP contribution in [0.15, 0.2) is 66.7 Å². The molecule has 0 fully saturated rings. The molecular weight excluding hydrogens is 291 g/mol. The Bertz CT molecular complexity index is 825. The Hall–Kier alpha value is -2.88. The van der Waals surface area contributed by atoms with Crippen molar-refractivity contribution >= 4 is 28.1 Å². The SMILES string of the molecule is C[C@@H](Nc1ccc(F)cc1)C(=O)Nc1cccc2ccccc12. The van der Waals surface area contributed by atoms with Crippen molar-refractivity contribution in [3.8, 4) is 0 Å². The van der Waals surface area contributed by atoms with E-state index < -0.39 is 6.04 Å². The number of nitrogens with one attached hydrogen (secondary N) is 2.